The molecule has 0 unspecified atom stereocenters. The van der Waals surface area contributed by atoms with Crippen LogP contribution in [0, 0.1) is 5.21 Å². The Kier molecular flexibility index (Phi) is 15.8. The van der Waals surface area contributed by atoms with Gasteiger partial charge in [-0.05, 0) is 74.6 Å². The minimum absolute atomic E-state index is 0.0333. The number of benzene rings is 2. The van der Waals surface area contributed by atoms with E-state index in [-0.39, 0.29) is 38.2 Å². The Morgan fingerprint density at radius 2 is 0.882 bits per heavy atom. The molecule has 0 aliphatic heterocycles. The van der Waals surface area contributed by atoms with Crippen molar-refractivity contribution in [3.8, 4) is 0 Å². The van der Waals surface area contributed by atoms with E-state index in [4.69, 9.17) is 0 Å². The average Bonchev–Trinajstić information content (AvgIpc) is 2.90. The summed E-state index contributed by atoms with van der Waals surface area (Å²) in [6.45, 7) is 0.539. The van der Waals surface area contributed by atoms with E-state index in [2.05, 4.69) is 9.44 Å². The standard InChI is InChI=1S/C14H18F6N2O3S.C14H18F6N2O2S/c1-22(2,23)5-3-4-21-26(24,25)9-10-6-11(13(15,16)17)8-12(7-10)14(18,19)20;1-22(2)5-3-4-21-25(23,24)9-10-6-11(13(15,16)17)8-12(7-10)14(18,19)20/h6-8,21H,3-5,9H2,1-2H3;6-8,21H,3-5,9H2,1-2H3. The van der Waals surface area contributed by atoms with Crippen LogP contribution in [-0.2, 0) is 56.3 Å². The molecule has 2 N–H and O–H groups in total. The Bertz CT molecular complexity index is 1590. The fourth-order valence-corrected chi connectivity index (χ4v) is 6.38. The summed E-state index contributed by atoms with van der Waals surface area (Å²) in [4.78, 5) is 1.80. The van der Waals surface area contributed by atoms with Crippen LogP contribution in [0.2, 0.25) is 0 Å². The first-order chi connectivity index (χ1) is 22.7. The Hall–Kier alpha value is -2.70. The molecule has 0 aliphatic rings. The van der Waals surface area contributed by atoms with Gasteiger partial charge in [0.05, 0.1) is 54.4 Å². The molecular formula is C28H36F12N4O5S2. The van der Waals surface area contributed by atoms with Crippen LogP contribution in [0.3, 0.4) is 0 Å². The van der Waals surface area contributed by atoms with Gasteiger partial charge in [-0.15, -0.1) is 0 Å². The summed E-state index contributed by atoms with van der Waals surface area (Å²) < 4.78 is 204. The Morgan fingerprint density at radius 3 is 1.14 bits per heavy atom. The van der Waals surface area contributed by atoms with Crippen LogP contribution in [-0.4, -0.2) is 80.8 Å². The van der Waals surface area contributed by atoms with Crippen molar-refractivity contribution in [3.63, 3.8) is 0 Å². The summed E-state index contributed by atoms with van der Waals surface area (Å²) in [5.41, 5.74) is -7.46. The highest BCUT2D eigenvalue weighted by atomic mass is 32.2. The minimum atomic E-state index is -5.05. The van der Waals surface area contributed by atoms with Gasteiger partial charge in [0.1, 0.15) is 0 Å². The third-order valence-electron chi connectivity index (χ3n) is 6.31. The summed E-state index contributed by atoms with van der Waals surface area (Å²) in [6, 6.07) is 1.44. The number of hydrogen-bond donors (Lipinski definition) is 2. The predicted octanol–water partition coefficient (Wildman–Crippen LogP) is 6.20. The number of sulfonamides is 2. The molecule has 0 heterocycles. The molecule has 0 bridgehead atoms. The van der Waals surface area contributed by atoms with Crippen LogP contribution < -0.4 is 9.44 Å². The van der Waals surface area contributed by atoms with Gasteiger partial charge in [0.25, 0.3) is 0 Å². The van der Waals surface area contributed by atoms with Crippen LogP contribution in [0.1, 0.15) is 46.2 Å². The topological polar surface area (TPSA) is 119 Å². The lowest BCUT2D eigenvalue weighted by atomic mass is 10.1. The van der Waals surface area contributed by atoms with Crippen LogP contribution in [0.4, 0.5) is 52.7 Å². The van der Waals surface area contributed by atoms with Crippen molar-refractivity contribution in [2.45, 2.75) is 49.1 Å². The van der Waals surface area contributed by atoms with Crippen LogP contribution >= 0.6 is 0 Å². The zero-order valence-corrected chi connectivity index (χ0v) is 29.0. The fourth-order valence-electron chi connectivity index (χ4n) is 4.06. The molecule has 0 amide bonds. The second-order valence-corrected chi connectivity index (χ2v) is 15.6. The van der Waals surface area contributed by atoms with Crippen molar-refractivity contribution in [2.75, 3.05) is 54.4 Å². The quantitative estimate of drug-likeness (QED) is 0.102. The summed E-state index contributed by atoms with van der Waals surface area (Å²) in [5, 5.41) is 11.3. The van der Waals surface area contributed by atoms with E-state index < -0.39 is 94.3 Å². The Morgan fingerprint density at radius 1 is 0.588 bits per heavy atom. The van der Waals surface area contributed by atoms with Crippen molar-refractivity contribution in [3.05, 3.63) is 75.0 Å². The maximum Gasteiger partial charge on any atom is 0.416 e. The first-order valence-electron chi connectivity index (χ1n) is 14.4. The van der Waals surface area contributed by atoms with E-state index in [1.165, 1.54) is 14.1 Å². The highest BCUT2D eigenvalue weighted by Crippen LogP contribution is 2.38. The largest absolute Gasteiger partial charge is 0.633 e. The van der Waals surface area contributed by atoms with E-state index in [0.29, 0.717) is 37.2 Å². The van der Waals surface area contributed by atoms with Gasteiger partial charge in [0.15, 0.2) is 0 Å². The van der Waals surface area contributed by atoms with Gasteiger partial charge in [-0.3, -0.25) is 0 Å². The molecule has 0 aromatic heterocycles. The van der Waals surface area contributed by atoms with E-state index in [1.807, 2.05) is 0 Å². The Labute approximate surface area is 286 Å². The summed E-state index contributed by atoms with van der Waals surface area (Å²) in [5.74, 6) is -2.02. The van der Waals surface area contributed by atoms with E-state index in [1.54, 1.807) is 19.0 Å². The number of quaternary nitrogens is 1. The second-order valence-electron chi connectivity index (χ2n) is 11.9. The van der Waals surface area contributed by atoms with Gasteiger partial charge in [0.2, 0.25) is 20.0 Å². The van der Waals surface area contributed by atoms with Gasteiger partial charge in [-0.2, -0.15) is 52.7 Å². The second kappa shape index (κ2) is 17.4. The summed E-state index contributed by atoms with van der Waals surface area (Å²) in [7, 11) is -2.00. The average molecular weight is 801 g/mol. The molecule has 0 atom stereocenters. The zero-order valence-electron chi connectivity index (χ0n) is 27.4. The number of halogens is 12. The third-order valence-corrected chi connectivity index (χ3v) is 9.02. The van der Waals surface area contributed by atoms with Crippen molar-refractivity contribution in [1.29, 1.82) is 0 Å². The number of rotatable bonds is 14. The van der Waals surface area contributed by atoms with Crippen molar-refractivity contribution < 1.29 is 74.2 Å². The number of nitrogens with zero attached hydrogens (tertiary/aromatic N) is 2. The van der Waals surface area contributed by atoms with E-state index in [9.17, 15) is 74.7 Å². The fraction of sp³-hybridized carbons (Fsp3) is 0.571. The monoisotopic (exact) mass is 800 g/mol. The molecule has 51 heavy (non-hydrogen) atoms. The highest BCUT2D eigenvalue weighted by Gasteiger charge is 2.38. The SMILES string of the molecule is CN(C)CCCNS(=O)(=O)Cc1cc(C(F)(F)F)cc(C(F)(F)F)c1.C[N+](C)([O-])CCCNS(=O)(=O)Cc1cc(C(F)(F)F)cc(C(F)(F)F)c1. The van der Waals surface area contributed by atoms with Crippen molar-refractivity contribution >= 4 is 20.0 Å². The first kappa shape index (κ1) is 46.3. The molecule has 0 aliphatic carbocycles. The molecule has 0 radical (unpaired) electrons. The molecule has 2 rings (SSSR count). The summed E-state index contributed by atoms with van der Waals surface area (Å²) in [6.07, 6.45) is -19.5. The predicted molar refractivity (Wildman–Crippen MR) is 162 cm³/mol. The molecule has 0 saturated carbocycles. The van der Waals surface area contributed by atoms with Gasteiger partial charge >= 0.3 is 24.7 Å². The molecule has 0 spiro atoms. The molecule has 0 fully saturated rings. The van der Waals surface area contributed by atoms with Gasteiger partial charge in [-0.1, -0.05) is 0 Å². The van der Waals surface area contributed by atoms with Gasteiger partial charge < -0.3 is 14.8 Å². The maximum absolute atomic E-state index is 12.8. The third kappa shape index (κ3) is 18.6. The number of nitrogens with one attached hydrogen (secondary N) is 2. The zero-order chi connectivity index (χ0) is 39.9. The molecular weight excluding hydrogens is 764 g/mol. The van der Waals surface area contributed by atoms with E-state index >= 15 is 0 Å². The highest BCUT2D eigenvalue weighted by molar-refractivity contribution is 7.88. The van der Waals surface area contributed by atoms with Crippen LogP contribution in [0.15, 0.2) is 36.4 Å². The Balaban J connectivity index is 0.000000510. The number of hydroxylamine groups is 3. The smallest absolute Gasteiger partial charge is 0.416 e. The molecule has 0 saturated heterocycles. The molecule has 2 aromatic carbocycles. The lowest BCUT2D eigenvalue weighted by Gasteiger charge is -2.33. The van der Waals surface area contributed by atoms with Crippen molar-refractivity contribution in [1.82, 2.24) is 14.3 Å². The molecule has 9 nitrogen and oxygen atoms in total. The minimum Gasteiger partial charge on any atom is -0.633 e. The van der Waals surface area contributed by atoms with Crippen LogP contribution in [0.25, 0.3) is 0 Å². The number of hydrogen-bond acceptors (Lipinski definition) is 6. The summed E-state index contributed by atoms with van der Waals surface area (Å²) >= 11 is 0. The van der Waals surface area contributed by atoms with Gasteiger partial charge in [-0.25, -0.2) is 26.3 Å². The lowest BCUT2D eigenvalue weighted by molar-refractivity contribution is -0.840. The van der Waals surface area contributed by atoms with Crippen LogP contribution in [0.5, 0.6) is 0 Å². The van der Waals surface area contributed by atoms with Gasteiger partial charge in [0, 0.05) is 19.5 Å². The first-order valence-corrected chi connectivity index (χ1v) is 17.7. The maximum atomic E-state index is 12.8. The van der Waals surface area contributed by atoms with Crippen molar-refractivity contribution in [2.24, 2.45) is 0 Å². The lowest BCUT2D eigenvalue weighted by Crippen LogP contribution is -2.36. The normalized spacial score (nSPS) is 13.7. The molecule has 2 aromatic rings. The molecule has 294 valence electrons. The number of alkyl halides is 12. The molecule has 23 heteroatoms. The van der Waals surface area contributed by atoms with E-state index in [0.717, 1.165) is 0 Å².